The fraction of sp³-hybridized carbons (Fsp3) is 0.625. The van der Waals surface area contributed by atoms with Gasteiger partial charge in [-0.1, -0.05) is 6.92 Å². The molecule has 0 aromatic carbocycles. The third-order valence-electron chi connectivity index (χ3n) is 4.86. The summed E-state index contributed by atoms with van der Waals surface area (Å²) in [5.41, 5.74) is 0.00582. The lowest BCUT2D eigenvalue weighted by Crippen LogP contribution is -2.37. The number of rotatable bonds is 6. The van der Waals surface area contributed by atoms with Crippen molar-refractivity contribution in [1.29, 1.82) is 0 Å². The maximum atomic E-state index is 12.3. The van der Waals surface area contributed by atoms with Gasteiger partial charge in [0.25, 0.3) is 5.56 Å². The Bertz CT molecular complexity index is 891. The van der Waals surface area contributed by atoms with Gasteiger partial charge in [0.2, 0.25) is 5.91 Å². The molecule has 2 heterocycles. The van der Waals surface area contributed by atoms with E-state index in [-0.39, 0.29) is 11.5 Å². The summed E-state index contributed by atoms with van der Waals surface area (Å²) < 4.78 is 4.15. The molecule has 1 amide bonds. The molecule has 0 bridgehead atoms. The number of hydrogen-bond acceptors (Lipinski definition) is 4. The van der Waals surface area contributed by atoms with Crippen LogP contribution in [-0.4, -0.2) is 31.1 Å². The van der Waals surface area contributed by atoms with Gasteiger partial charge in [-0.3, -0.25) is 18.7 Å². The van der Waals surface area contributed by atoms with Crippen LogP contribution in [0.5, 0.6) is 0 Å². The molecular formula is C16H23N5O3. The average Bonchev–Trinajstić information content (AvgIpc) is 3.10. The molecule has 2 aromatic rings. The lowest BCUT2D eigenvalue weighted by atomic mass is 10.2. The summed E-state index contributed by atoms with van der Waals surface area (Å²) in [6, 6.07) is 0. The Morgan fingerprint density at radius 3 is 2.71 bits per heavy atom. The maximum Gasteiger partial charge on any atom is 0.332 e. The van der Waals surface area contributed by atoms with Crippen LogP contribution in [0.3, 0.4) is 0 Å². The molecule has 0 saturated heterocycles. The molecule has 1 aliphatic carbocycles. The van der Waals surface area contributed by atoms with E-state index in [4.69, 9.17) is 0 Å². The Morgan fingerprint density at radius 2 is 2.04 bits per heavy atom. The highest BCUT2D eigenvalue weighted by Gasteiger charge is 2.32. The first-order valence-electron chi connectivity index (χ1n) is 8.27. The molecule has 24 heavy (non-hydrogen) atoms. The van der Waals surface area contributed by atoms with E-state index < -0.39 is 5.69 Å². The van der Waals surface area contributed by atoms with Crippen molar-refractivity contribution in [3.8, 4) is 0 Å². The van der Waals surface area contributed by atoms with Crippen molar-refractivity contribution in [2.24, 2.45) is 25.9 Å². The number of imidazole rings is 1. The highest BCUT2D eigenvalue weighted by Crippen LogP contribution is 2.36. The van der Waals surface area contributed by atoms with Crippen LogP contribution in [0, 0.1) is 11.8 Å². The van der Waals surface area contributed by atoms with Crippen LogP contribution in [0.2, 0.25) is 0 Å². The van der Waals surface area contributed by atoms with E-state index in [2.05, 4.69) is 17.2 Å². The largest absolute Gasteiger partial charge is 0.356 e. The first-order chi connectivity index (χ1) is 11.4. The monoisotopic (exact) mass is 333 g/mol. The van der Waals surface area contributed by atoms with Gasteiger partial charge < -0.3 is 9.88 Å². The zero-order valence-electron chi connectivity index (χ0n) is 14.3. The minimum atomic E-state index is -0.397. The number of carbonyl (C=O) groups excluding carboxylic acids is 1. The zero-order chi connectivity index (χ0) is 17.4. The standard InChI is InChI=1S/C16H23N5O3/c1-10-7-11(10)8-17-12(22)5-4-6-21-9-18-14-13(21)15(23)20(3)16(24)19(14)2/h9-11H,4-8H2,1-3H3,(H,17,22)/t10-,11-/m1/s1. The Hall–Kier alpha value is -2.38. The Labute approximate surface area is 139 Å². The van der Waals surface area contributed by atoms with Gasteiger partial charge in [0.1, 0.15) is 0 Å². The first-order valence-corrected chi connectivity index (χ1v) is 8.27. The van der Waals surface area contributed by atoms with Crippen LogP contribution >= 0.6 is 0 Å². The van der Waals surface area contributed by atoms with Crippen molar-refractivity contribution in [2.45, 2.75) is 32.7 Å². The molecule has 8 nitrogen and oxygen atoms in total. The lowest BCUT2D eigenvalue weighted by Gasteiger charge is -2.07. The summed E-state index contributed by atoms with van der Waals surface area (Å²) >= 11 is 0. The van der Waals surface area contributed by atoms with E-state index in [1.165, 1.54) is 18.0 Å². The SMILES string of the molecule is C[C@@H]1C[C@@H]1CNC(=O)CCCn1cnc2c1c(=O)n(C)c(=O)n2C. The van der Waals surface area contributed by atoms with Crippen LogP contribution in [0.1, 0.15) is 26.2 Å². The smallest absolute Gasteiger partial charge is 0.332 e. The fourth-order valence-corrected chi connectivity index (χ4v) is 2.99. The number of nitrogens with zero attached hydrogens (tertiary/aromatic N) is 4. The topological polar surface area (TPSA) is 90.9 Å². The van der Waals surface area contributed by atoms with Crippen LogP contribution in [0.15, 0.2) is 15.9 Å². The quantitative estimate of drug-likeness (QED) is 0.805. The summed E-state index contributed by atoms with van der Waals surface area (Å²) in [7, 11) is 3.04. The molecule has 3 rings (SSSR count). The number of carbonyl (C=O) groups is 1. The van der Waals surface area contributed by atoms with E-state index >= 15 is 0 Å². The minimum Gasteiger partial charge on any atom is -0.356 e. The van der Waals surface area contributed by atoms with Gasteiger partial charge in [-0.15, -0.1) is 0 Å². The van der Waals surface area contributed by atoms with Gasteiger partial charge in [-0.05, 0) is 24.7 Å². The highest BCUT2D eigenvalue weighted by molar-refractivity contribution is 5.76. The lowest BCUT2D eigenvalue weighted by molar-refractivity contribution is -0.121. The number of aromatic nitrogens is 4. The molecule has 1 saturated carbocycles. The average molecular weight is 333 g/mol. The molecule has 2 atom stereocenters. The van der Waals surface area contributed by atoms with E-state index in [1.807, 2.05) is 0 Å². The van der Waals surface area contributed by atoms with Gasteiger partial charge >= 0.3 is 5.69 Å². The number of aryl methyl sites for hydroxylation is 2. The van der Waals surface area contributed by atoms with Gasteiger partial charge in [-0.2, -0.15) is 0 Å². The fourth-order valence-electron chi connectivity index (χ4n) is 2.99. The van der Waals surface area contributed by atoms with E-state index in [9.17, 15) is 14.4 Å². The molecule has 8 heteroatoms. The van der Waals surface area contributed by atoms with Crippen molar-refractivity contribution in [2.75, 3.05) is 6.54 Å². The van der Waals surface area contributed by atoms with Crippen LogP contribution < -0.4 is 16.6 Å². The van der Waals surface area contributed by atoms with Crippen molar-refractivity contribution < 1.29 is 4.79 Å². The molecule has 0 spiro atoms. The van der Waals surface area contributed by atoms with Crippen molar-refractivity contribution in [1.82, 2.24) is 24.0 Å². The van der Waals surface area contributed by atoms with Gasteiger partial charge in [0.05, 0.1) is 6.33 Å². The number of nitrogens with one attached hydrogen (secondary N) is 1. The highest BCUT2D eigenvalue weighted by atomic mass is 16.2. The number of fused-ring (bicyclic) bond motifs is 1. The van der Waals surface area contributed by atoms with Gasteiger partial charge in [0.15, 0.2) is 11.2 Å². The number of hydrogen-bond donors (Lipinski definition) is 1. The van der Waals surface area contributed by atoms with Crippen molar-refractivity contribution in [3.63, 3.8) is 0 Å². The first kappa shape index (κ1) is 16.5. The molecule has 0 unspecified atom stereocenters. The molecule has 1 N–H and O–H groups in total. The molecule has 1 aliphatic rings. The minimum absolute atomic E-state index is 0.0406. The van der Waals surface area contributed by atoms with Gasteiger partial charge in [0, 0.05) is 33.6 Å². The Balaban J connectivity index is 1.64. The molecule has 130 valence electrons. The molecular weight excluding hydrogens is 310 g/mol. The second-order valence-corrected chi connectivity index (χ2v) is 6.70. The van der Waals surface area contributed by atoms with Crippen molar-refractivity contribution >= 4 is 17.1 Å². The Kier molecular flexibility index (Phi) is 4.29. The zero-order valence-corrected chi connectivity index (χ0v) is 14.3. The predicted molar refractivity (Wildman–Crippen MR) is 89.7 cm³/mol. The van der Waals surface area contributed by atoms with E-state index in [0.29, 0.717) is 36.5 Å². The van der Waals surface area contributed by atoms with E-state index in [1.54, 1.807) is 17.9 Å². The van der Waals surface area contributed by atoms with E-state index in [0.717, 1.165) is 17.0 Å². The molecule has 2 aromatic heterocycles. The maximum absolute atomic E-state index is 12.3. The third kappa shape index (κ3) is 3.00. The summed E-state index contributed by atoms with van der Waals surface area (Å²) in [5.74, 6) is 1.40. The Morgan fingerprint density at radius 1 is 1.33 bits per heavy atom. The second kappa shape index (κ2) is 6.26. The van der Waals surface area contributed by atoms with Crippen molar-refractivity contribution in [3.05, 3.63) is 27.2 Å². The number of amides is 1. The normalized spacial score (nSPS) is 19.6. The summed E-state index contributed by atoms with van der Waals surface area (Å²) in [5, 5.41) is 2.95. The van der Waals surface area contributed by atoms with Gasteiger partial charge in [-0.25, -0.2) is 9.78 Å². The van der Waals surface area contributed by atoms with Crippen LogP contribution in [0.4, 0.5) is 0 Å². The summed E-state index contributed by atoms with van der Waals surface area (Å²) in [6.45, 7) is 3.46. The van der Waals surface area contributed by atoms with Crippen LogP contribution in [-0.2, 0) is 25.4 Å². The predicted octanol–water partition coefficient (Wildman–Crippen LogP) is -0.0139. The third-order valence-corrected chi connectivity index (χ3v) is 4.86. The van der Waals surface area contributed by atoms with Crippen LogP contribution in [0.25, 0.3) is 11.2 Å². The molecule has 0 radical (unpaired) electrons. The second-order valence-electron chi connectivity index (χ2n) is 6.70. The molecule has 1 fully saturated rings. The molecule has 0 aliphatic heterocycles. The summed E-state index contributed by atoms with van der Waals surface area (Å²) in [6.07, 6.45) is 3.77. The summed E-state index contributed by atoms with van der Waals surface area (Å²) in [4.78, 5) is 40.2.